The van der Waals surface area contributed by atoms with Crippen LogP contribution in [0, 0.1) is 0 Å². The monoisotopic (exact) mass is 362 g/mol. The zero-order valence-corrected chi connectivity index (χ0v) is 14.9. The molecule has 0 unspecified atom stereocenters. The van der Waals surface area contributed by atoms with Crippen molar-refractivity contribution in [2.24, 2.45) is 5.14 Å². The number of sulfonamides is 1. The predicted molar refractivity (Wildman–Crippen MR) is 97.8 cm³/mol. The first kappa shape index (κ1) is 19.0. The molecule has 0 aliphatic heterocycles. The van der Waals surface area contributed by atoms with Crippen molar-refractivity contribution in [2.45, 2.75) is 25.5 Å². The molecule has 0 heterocycles. The summed E-state index contributed by atoms with van der Waals surface area (Å²) in [5.41, 5.74) is 2.05. The number of nitrogens with one attached hydrogen (secondary N) is 1. The van der Waals surface area contributed by atoms with Crippen molar-refractivity contribution in [1.29, 1.82) is 0 Å². The molecule has 0 bridgehead atoms. The molecule has 0 saturated heterocycles. The van der Waals surface area contributed by atoms with Gasteiger partial charge in [0.25, 0.3) is 0 Å². The van der Waals surface area contributed by atoms with Gasteiger partial charge in [0.1, 0.15) is 5.75 Å². The second-order valence-corrected chi connectivity index (χ2v) is 7.21. The van der Waals surface area contributed by atoms with Crippen molar-refractivity contribution in [1.82, 2.24) is 0 Å². The van der Waals surface area contributed by atoms with E-state index in [2.05, 4.69) is 5.32 Å². The summed E-state index contributed by atoms with van der Waals surface area (Å²) in [6, 6.07) is 14.3. The van der Waals surface area contributed by atoms with Gasteiger partial charge in [-0.2, -0.15) is 0 Å². The number of ether oxygens (including phenoxy) is 1. The lowest BCUT2D eigenvalue weighted by Crippen LogP contribution is -2.15. The molecule has 7 heteroatoms. The Kier molecular flexibility index (Phi) is 6.55. The summed E-state index contributed by atoms with van der Waals surface area (Å²) in [6.45, 7) is 2.48. The average molecular weight is 362 g/mol. The standard InChI is InChI=1S/C18H22N2O4S/c1-2-24-17-9-4-3-7-15(17)10-11-18(21)20-16-8-5-6-14(12-16)13-25(19,22)23/h3-9,12H,2,10-11,13H2,1H3,(H,20,21)(H2,19,22,23). The van der Waals surface area contributed by atoms with Crippen LogP contribution in [0.4, 0.5) is 5.69 Å². The van der Waals surface area contributed by atoms with E-state index >= 15 is 0 Å². The maximum atomic E-state index is 12.2. The van der Waals surface area contributed by atoms with Crippen LogP contribution in [0.5, 0.6) is 5.75 Å². The van der Waals surface area contributed by atoms with Crippen LogP contribution in [0.3, 0.4) is 0 Å². The number of aryl methyl sites for hydroxylation is 1. The number of amides is 1. The van der Waals surface area contributed by atoms with Crippen LogP contribution >= 0.6 is 0 Å². The number of primary sulfonamides is 1. The third kappa shape index (κ3) is 6.56. The van der Waals surface area contributed by atoms with Crippen molar-refractivity contribution in [2.75, 3.05) is 11.9 Å². The molecule has 2 aromatic carbocycles. The average Bonchev–Trinajstić information content (AvgIpc) is 2.53. The number of carbonyl (C=O) groups is 1. The maximum absolute atomic E-state index is 12.2. The third-order valence-electron chi connectivity index (χ3n) is 3.47. The van der Waals surface area contributed by atoms with E-state index in [0.717, 1.165) is 11.3 Å². The van der Waals surface area contributed by atoms with Gasteiger partial charge in [0.05, 0.1) is 12.4 Å². The molecule has 134 valence electrons. The van der Waals surface area contributed by atoms with Crippen LogP contribution in [-0.4, -0.2) is 20.9 Å². The van der Waals surface area contributed by atoms with E-state index in [0.29, 0.717) is 30.7 Å². The highest BCUT2D eigenvalue weighted by Gasteiger charge is 2.09. The van der Waals surface area contributed by atoms with E-state index < -0.39 is 10.0 Å². The second kappa shape index (κ2) is 8.64. The SMILES string of the molecule is CCOc1ccccc1CCC(=O)Nc1cccc(CS(N)(=O)=O)c1. The molecule has 2 rings (SSSR count). The summed E-state index contributed by atoms with van der Waals surface area (Å²) in [6.07, 6.45) is 0.850. The topological polar surface area (TPSA) is 98.5 Å². The first-order valence-corrected chi connectivity index (χ1v) is 9.69. The molecular weight excluding hydrogens is 340 g/mol. The molecule has 0 aliphatic rings. The zero-order chi connectivity index (χ0) is 18.3. The Bertz CT molecular complexity index is 834. The maximum Gasteiger partial charge on any atom is 0.224 e. The molecule has 0 atom stereocenters. The summed E-state index contributed by atoms with van der Waals surface area (Å²) < 4.78 is 27.9. The van der Waals surface area contributed by atoms with Gasteiger partial charge in [0.2, 0.25) is 15.9 Å². The zero-order valence-electron chi connectivity index (χ0n) is 14.1. The van der Waals surface area contributed by atoms with Crippen molar-refractivity contribution < 1.29 is 17.9 Å². The largest absolute Gasteiger partial charge is 0.494 e. The number of carbonyl (C=O) groups excluding carboxylic acids is 1. The van der Waals surface area contributed by atoms with Crippen LogP contribution in [-0.2, 0) is 27.0 Å². The molecule has 0 fully saturated rings. The summed E-state index contributed by atoms with van der Waals surface area (Å²) in [4.78, 5) is 12.2. The van der Waals surface area contributed by atoms with Crippen molar-refractivity contribution in [3.8, 4) is 5.75 Å². The van der Waals surface area contributed by atoms with Crippen molar-refractivity contribution in [3.63, 3.8) is 0 Å². The third-order valence-corrected chi connectivity index (χ3v) is 4.21. The Morgan fingerprint density at radius 1 is 1.16 bits per heavy atom. The van der Waals surface area contributed by atoms with Gasteiger partial charge in [-0.3, -0.25) is 4.79 Å². The molecule has 25 heavy (non-hydrogen) atoms. The highest BCUT2D eigenvalue weighted by Crippen LogP contribution is 2.20. The number of hydrogen-bond donors (Lipinski definition) is 2. The first-order valence-electron chi connectivity index (χ1n) is 7.97. The highest BCUT2D eigenvalue weighted by molar-refractivity contribution is 7.88. The minimum Gasteiger partial charge on any atom is -0.494 e. The van der Waals surface area contributed by atoms with Crippen LogP contribution in [0.1, 0.15) is 24.5 Å². The van der Waals surface area contributed by atoms with Crippen LogP contribution in [0.2, 0.25) is 0 Å². The lowest BCUT2D eigenvalue weighted by Gasteiger charge is -2.10. The summed E-state index contributed by atoms with van der Waals surface area (Å²) in [5.74, 6) is 0.366. The predicted octanol–water partition coefficient (Wildman–Crippen LogP) is 2.45. The Balaban J connectivity index is 1.96. The quantitative estimate of drug-likeness (QED) is 0.753. The van der Waals surface area contributed by atoms with Crippen molar-refractivity contribution >= 4 is 21.6 Å². The Morgan fingerprint density at radius 2 is 1.92 bits per heavy atom. The molecule has 0 saturated carbocycles. The summed E-state index contributed by atoms with van der Waals surface area (Å²) in [5, 5.41) is 7.82. The van der Waals surface area contributed by atoms with Gasteiger partial charge in [-0.25, -0.2) is 13.6 Å². The smallest absolute Gasteiger partial charge is 0.224 e. The van der Waals surface area contributed by atoms with Gasteiger partial charge < -0.3 is 10.1 Å². The van der Waals surface area contributed by atoms with Crippen molar-refractivity contribution in [3.05, 3.63) is 59.7 Å². The summed E-state index contributed by atoms with van der Waals surface area (Å²) >= 11 is 0. The molecule has 0 aromatic heterocycles. The van der Waals surface area contributed by atoms with E-state index in [4.69, 9.17) is 9.88 Å². The summed E-state index contributed by atoms with van der Waals surface area (Å²) in [7, 11) is -3.61. The lowest BCUT2D eigenvalue weighted by molar-refractivity contribution is -0.116. The Morgan fingerprint density at radius 3 is 2.64 bits per heavy atom. The number of benzene rings is 2. The van der Waals surface area contributed by atoms with Gasteiger partial charge in [0.15, 0.2) is 0 Å². The van der Waals surface area contributed by atoms with Gasteiger partial charge in [-0.15, -0.1) is 0 Å². The Hall–Kier alpha value is -2.38. The molecule has 3 N–H and O–H groups in total. The number of nitrogens with two attached hydrogens (primary N) is 1. The number of hydrogen-bond acceptors (Lipinski definition) is 4. The second-order valence-electron chi connectivity index (χ2n) is 5.60. The molecule has 6 nitrogen and oxygen atoms in total. The molecule has 2 aromatic rings. The lowest BCUT2D eigenvalue weighted by atomic mass is 10.1. The molecule has 1 amide bonds. The van der Waals surface area contributed by atoms with Gasteiger partial charge in [0, 0.05) is 12.1 Å². The molecule has 0 spiro atoms. The fourth-order valence-corrected chi connectivity index (χ4v) is 3.09. The van der Waals surface area contributed by atoms with E-state index in [-0.39, 0.29) is 11.7 Å². The number of rotatable bonds is 8. The normalized spacial score (nSPS) is 11.1. The molecule has 0 radical (unpaired) electrons. The first-order chi connectivity index (χ1) is 11.9. The number of anilines is 1. The Labute approximate surface area is 148 Å². The van der Waals surface area contributed by atoms with Gasteiger partial charge in [-0.05, 0) is 42.7 Å². The molecular formula is C18H22N2O4S. The van der Waals surface area contributed by atoms with E-state index in [1.807, 2.05) is 31.2 Å². The fourth-order valence-electron chi connectivity index (χ4n) is 2.45. The van der Waals surface area contributed by atoms with Crippen LogP contribution < -0.4 is 15.2 Å². The number of para-hydroxylation sites is 1. The minimum atomic E-state index is -3.61. The van der Waals surface area contributed by atoms with E-state index in [9.17, 15) is 13.2 Å². The fraction of sp³-hybridized carbons (Fsp3) is 0.278. The van der Waals surface area contributed by atoms with Gasteiger partial charge in [-0.1, -0.05) is 30.3 Å². The van der Waals surface area contributed by atoms with Gasteiger partial charge >= 0.3 is 0 Å². The molecule has 0 aliphatic carbocycles. The van der Waals surface area contributed by atoms with E-state index in [1.54, 1.807) is 24.3 Å². The minimum absolute atomic E-state index is 0.154. The van der Waals surface area contributed by atoms with Crippen LogP contribution in [0.15, 0.2) is 48.5 Å². The highest BCUT2D eigenvalue weighted by atomic mass is 32.2. The van der Waals surface area contributed by atoms with Crippen LogP contribution in [0.25, 0.3) is 0 Å². The van der Waals surface area contributed by atoms with E-state index in [1.165, 1.54) is 0 Å².